The van der Waals surface area contributed by atoms with E-state index in [-0.39, 0.29) is 5.91 Å². The van der Waals surface area contributed by atoms with E-state index < -0.39 is 6.04 Å². The Balaban J connectivity index is 1.74. The molecule has 17 heavy (non-hydrogen) atoms. The summed E-state index contributed by atoms with van der Waals surface area (Å²) in [6.07, 6.45) is 7.68. The van der Waals surface area contributed by atoms with Gasteiger partial charge in [0, 0.05) is 13.1 Å². The van der Waals surface area contributed by atoms with Gasteiger partial charge >= 0.3 is 0 Å². The molecule has 2 aliphatic rings. The molecular weight excluding hydrogens is 214 g/mol. The second-order valence-electron chi connectivity index (χ2n) is 5.69. The Bertz CT molecular complexity index is 269. The highest BCUT2D eigenvalue weighted by Crippen LogP contribution is 2.35. The largest absolute Gasteiger partial charge is 0.368 e. The van der Waals surface area contributed by atoms with Gasteiger partial charge < -0.3 is 16.4 Å². The number of rotatable bonds is 4. The zero-order valence-electron chi connectivity index (χ0n) is 10.6. The average molecular weight is 239 g/mol. The monoisotopic (exact) mass is 239 g/mol. The van der Waals surface area contributed by atoms with Gasteiger partial charge in [-0.3, -0.25) is 4.79 Å². The molecule has 0 radical (unpaired) electrons. The lowest BCUT2D eigenvalue weighted by molar-refractivity contribution is -0.119. The molecule has 2 fully saturated rings. The van der Waals surface area contributed by atoms with Gasteiger partial charge in [0.05, 0.1) is 6.04 Å². The van der Waals surface area contributed by atoms with Crippen LogP contribution in [0.3, 0.4) is 0 Å². The summed E-state index contributed by atoms with van der Waals surface area (Å²) in [6, 6.07) is -0.473. The van der Waals surface area contributed by atoms with Gasteiger partial charge in [-0.1, -0.05) is 19.3 Å². The van der Waals surface area contributed by atoms with Crippen molar-refractivity contribution >= 4 is 5.91 Å². The van der Waals surface area contributed by atoms with Crippen LogP contribution in [-0.2, 0) is 4.79 Å². The van der Waals surface area contributed by atoms with E-state index in [2.05, 4.69) is 4.90 Å². The predicted octanol–water partition coefficient (Wildman–Crippen LogP) is 0.701. The smallest absolute Gasteiger partial charge is 0.234 e. The maximum absolute atomic E-state index is 10.9. The first kappa shape index (κ1) is 12.8. The maximum Gasteiger partial charge on any atom is 0.234 e. The third-order valence-electron chi connectivity index (χ3n) is 4.50. The highest BCUT2D eigenvalue weighted by Gasteiger charge is 2.30. The summed E-state index contributed by atoms with van der Waals surface area (Å²) in [5, 5.41) is 0. The molecule has 4 heteroatoms. The molecule has 0 aromatic heterocycles. The molecule has 3 atom stereocenters. The van der Waals surface area contributed by atoms with Crippen molar-refractivity contribution in [2.45, 2.75) is 44.6 Å². The molecule has 1 amide bonds. The molecule has 98 valence electrons. The Labute approximate surface area is 104 Å². The van der Waals surface area contributed by atoms with E-state index in [1.165, 1.54) is 45.2 Å². The zero-order valence-corrected chi connectivity index (χ0v) is 10.6. The van der Waals surface area contributed by atoms with E-state index in [4.69, 9.17) is 11.5 Å². The van der Waals surface area contributed by atoms with Gasteiger partial charge in [0.25, 0.3) is 0 Å². The number of likely N-dealkylation sites (tertiary alicyclic amines) is 1. The lowest BCUT2D eigenvalue weighted by atomic mass is 9.75. The van der Waals surface area contributed by atoms with E-state index in [9.17, 15) is 4.79 Å². The van der Waals surface area contributed by atoms with Crippen molar-refractivity contribution in [3.63, 3.8) is 0 Å². The Morgan fingerprint density at radius 3 is 2.65 bits per heavy atom. The third kappa shape index (κ3) is 3.42. The molecule has 4 nitrogen and oxygen atoms in total. The van der Waals surface area contributed by atoms with Crippen molar-refractivity contribution in [1.82, 2.24) is 4.90 Å². The van der Waals surface area contributed by atoms with Crippen LogP contribution in [0.15, 0.2) is 0 Å². The molecule has 1 heterocycles. The van der Waals surface area contributed by atoms with E-state index in [1.807, 2.05) is 0 Å². The molecular formula is C13H25N3O. The molecule has 1 saturated carbocycles. The standard InChI is InChI=1S/C13H25N3O/c14-12(13(15)17)6-8-16-7-5-10-3-1-2-4-11(10)9-16/h10-12H,1-9,14H2,(H2,15,17). The molecule has 0 aromatic rings. The lowest BCUT2D eigenvalue weighted by Crippen LogP contribution is -2.45. The fraction of sp³-hybridized carbons (Fsp3) is 0.923. The van der Waals surface area contributed by atoms with Crippen molar-refractivity contribution < 1.29 is 4.79 Å². The summed E-state index contributed by atoms with van der Waals surface area (Å²) < 4.78 is 0. The molecule has 1 aliphatic heterocycles. The van der Waals surface area contributed by atoms with Crippen molar-refractivity contribution in [2.75, 3.05) is 19.6 Å². The minimum absolute atomic E-state index is 0.377. The summed E-state index contributed by atoms with van der Waals surface area (Å²) in [6.45, 7) is 3.30. The van der Waals surface area contributed by atoms with Crippen LogP contribution in [0.4, 0.5) is 0 Å². The van der Waals surface area contributed by atoms with Gasteiger partial charge in [0.15, 0.2) is 0 Å². The van der Waals surface area contributed by atoms with Crippen LogP contribution in [0.5, 0.6) is 0 Å². The van der Waals surface area contributed by atoms with Gasteiger partial charge in [0.1, 0.15) is 0 Å². The van der Waals surface area contributed by atoms with Crippen molar-refractivity contribution in [3.05, 3.63) is 0 Å². The molecule has 2 rings (SSSR count). The number of fused-ring (bicyclic) bond motifs is 1. The normalized spacial score (nSPS) is 31.8. The molecule has 0 bridgehead atoms. The Hall–Kier alpha value is -0.610. The fourth-order valence-electron chi connectivity index (χ4n) is 3.34. The Kier molecular flexibility index (Phi) is 4.40. The predicted molar refractivity (Wildman–Crippen MR) is 68.3 cm³/mol. The summed E-state index contributed by atoms with van der Waals surface area (Å²) in [5.41, 5.74) is 10.8. The molecule has 4 N–H and O–H groups in total. The number of carbonyl (C=O) groups is 1. The third-order valence-corrected chi connectivity index (χ3v) is 4.50. The summed E-state index contributed by atoms with van der Waals surface area (Å²) in [5.74, 6) is 1.48. The number of piperidine rings is 1. The number of hydrogen-bond acceptors (Lipinski definition) is 3. The SMILES string of the molecule is NC(=O)C(N)CCN1CCC2CCCCC2C1. The molecule has 0 spiro atoms. The Morgan fingerprint density at radius 1 is 1.24 bits per heavy atom. The highest BCUT2D eigenvalue weighted by atomic mass is 16.1. The lowest BCUT2D eigenvalue weighted by Gasteiger charge is -2.41. The van der Waals surface area contributed by atoms with Crippen LogP contribution < -0.4 is 11.5 Å². The maximum atomic E-state index is 10.9. The van der Waals surface area contributed by atoms with E-state index in [0.717, 1.165) is 18.4 Å². The number of nitrogens with two attached hydrogens (primary N) is 2. The Morgan fingerprint density at radius 2 is 1.94 bits per heavy atom. The summed E-state index contributed by atoms with van der Waals surface area (Å²) in [7, 11) is 0. The minimum Gasteiger partial charge on any atom is -0.368 e. The van der Waals surface area contributed by atoms with Crippen LogP contribution in [0.1, 0.15) is 38.5 Å². The zero-order chi connectivity index (χ0) is 12.3. The number of nitrogens with zero attached hydrogens (tertiary/aromatic N) is 1. The second-order valence-corrected chi connectivity index (χ2v) is 5.69. The van der Waals surface area contributed by atoms with Crippen LogP contribution >= 0.6 is 0 Å². The van der Waals surface area contributed by atoms with Gasteiger partial charge in [-0.2, -0.15) is 0 Å². The minimum atomic E-state index is -0.473. The first-order valence-corrected chi connectivity index (χ1v) is 6.94. The van der Waals surface area contributed by atoms with Gasteiger partial charge in [0.2, 0.25) is 5.91 Å². The first-order chi connectivity index (χ1) is 8.16. The fourth-order valence-corrected chi connectivity index (χ4v) is 3.34. The molecule has 1 saturated heterocycles. The van der Waals surface area contributed by atoms with E-state index >= 15 is 0 Å². The van der Waals surface area contributed by atoms with Crippen LogP contribution in [-0.4, -0.2) is 36.5 Å². The van der Waals surface area contributed by atoms with Crippen molar-refractivity contribution in [1.29, 1.82) is 0 Å². The number of hydrogen-bond donors (Lipinski definition) is 2. The molecule has 3 unspecified atom stereocenters. The summed E-state index contributed by atoms with van der Waals surface area (Å²) >= 11 is 0. The molecule has 1 aliphatic carbocycles. The van der Waals surface area contributed by atoms with Gasteiger partial charge in [-0.05, 0) is 37.6 Å². The summed E-state index contributed by atoms with van der Waals surface area (Å²) in [4.78, 5) is 13.3. The van der Waals surface area contributed by atoms with Crippen molar-refractivity contribution in [3.8, 4) is 0 Å². The van der Waals surface area contributed by atoms with Crippen molar-refractivity contribution in [2.24, 2.45) is 23.3 Å². The number of primary amides is 1. The second kappa shape index (κ2) is 5.83. The highest BCUT2D eigenvalue weighted by molar-refractivity contribution is 5.79. The first-order valence-electron chi connectivity index (χ1n) is 6.94. The number of amides is 1. The van der Waals surface area contributed by atoms with Crippen LogP contribution in [0.25, 0.3) is 0 Å². The van der Waals surface area contributed by atoms with Gasteiger partial charge in [-0.15, -0.1) is 0 Å². The average Bonchev–Trinajstić information content (AvgIpc) is 2.35. The quantitative estimate of drug-likeness (QED) is 0.758. The van der Waals surface area contributed by atoms with Crippen LogP contribution in [0, 0.1) is 11.8 Å². The molecule has 0 aromatic carbocycles. The van der Waals surface area contributed by atoms with E-state index in [0.29, 0.717) is 6.42 Å². The number of carbonyl (C=O) groups excluding carboxylic acids is 1. The van der Waals surface area contributed by atoms with E-state index in [1.54, 1.807) is 0 Å². The topological polar surface area (TPSA) is 72.3 Å². The van der Waals surface area contributed by atoms with Crippen LogP contribution in [0.2, 0.25) is 0 Å². The van der Waals surface area contributed by atoms with Gasteiger partial charge in [-0.25, -0.2) is 0 Å².